The van der Waals surface area contributed by atoms with Gasteiger partial charge in [0.25, 0.3) is 5.56 Å². The summed E-state index contributed by atoms with van der Waals surface area (Å²) in [4.78, 5) is 25.7. The lowest BCUT2D eigenvalue weighted by molar-refractivity contribution is 0.218. The molecule has 0 saturated heterocycles. The van der Waals surface area contributed by atoms with E-state index in [0.717, 1.165) is 12.1 Å². The Morgan fingerprint density at radius 3 is 2.53 bits per heavy atom. The van der Waals surface area contributed by atoms with E-state index < -0.39 is 23.2 Å². The highest BCUT2D eigenvalue weighted by Crippen LogP contribution is 2.24. The van der Waals surface area contributed by atoms with E-state index >= 15 is 0 Å². The van der Waals surface area contributed by atoms with Gasteiger partial charge >= 0.3 is 6.03 Å². The van der Waals surface area contributed by atoms with E-state index in [4.69, 9.17) is 4.74 Å². The number of urea groups is 1. The Balaban J connectivity index is 0.00000249. The summed E-state index contributed by atoms with van der Waals surface area (Å²) in [6, 6.07) is 4.36. The molecule has 0 spiro atoms. The van der Waals surface area contributed by atoms with Crippen molar-refractivity contribution in [2.75, 3.05) is 14.1 Å². The summed E-state index contributed by atoms with van der Waals surface area (Å²) in [5, 5.41) is 3.96. The predicted molar refractivity (Wildman–Crippen MR) is 125 cm³/mol. The second kappa shape index (κ2) is 12.7. The van der Waals surface area contributed by atoms with Crippen LogP contribution >= 0.6 is 15.9 Å². The summed E-state index contributed by atoms with van der Waals surface area (Å²) >= 11 is 3.21. The van der Waals surface area contributed by atoms with Crippen molar-refractivity contribution in [3.05, 3.63) is 74.6 Å². The molecule has 7 nitrogen and oxygen atoms in total. The zero-order valence-electron chi connectivity index (χ0n) is 18.7. The number of aromatic nitrogens is 1. The van der Waals surface area contributed by atoms with E-state index in [1.165, 1.54) is 21.6 Å². The van der Waals surface area contributed by atoms with E-state index in [1.54, 1.807) is 27.1 Å². The van der Waals surface area contributed by atoms with Crippen LogP contribution in [0.1, 0.15) is 25.1 Å². The van der Waals surface area contributed by atoms with E-state index in [9.17, 15) is 18.4 Å². The van der Waals surface area contributed by atoms with Gasteiger partial charge in [0, 0.05) is 37.5 Å². The Labute approximate surface area is 194 Å². The molecule has 0 aliphatic rings. The molecule has 0 bridgehead atoms. The first-order valence-electron chi connectivity index (χ1n) is 9.77. The van der Waals surface area contributed by atoms with Crippen LogP contribution in [0, 0.1) is 18.6 Å². The summed E-state index contributed by atoms with van der Waals surface area (Å²) in [6.45, 7) is 9.23. The number of carbonyl (C=O) groups excluding carboxylic acids is 1. The fourth-order valence-corrected chi connectivity index (χ4v) is 2.78. The Hall–Kier alpha value is -3.01. The lowest BCUT2D eigenvalue weighted by Gasteiger charge is -2.15. The molecule has 10 heteroatoms. The topological polar surface area (TPSA) is 75.9 Å². The maximum atomic E-state index is 13.8. The van der Waals surface area contributed by atoms with Crippen LogP contribution in [0.3, 0.4) is 0 Å². The third kappa shape index (κ3) is 7.30. The minimum absolute atomic E-state index is 0.0628. The zero-order chi connectivity index (χ0) is 24.4. The number of nitrogens with zero attached hydrogens (tertiary/aromatic N) is 3. The molecule has 0 unspecified atom stereocenters. The van der Waals surface area contributed by atoms with Crippen LogP contribution in [0.4, 0.5) is 13.6 Å². The molecule has 2 aromatic rings. The van der Waals surface area contributed by atoms with E-state index in [1.807, 2.05) is 13.8 Å². The molecule has 0 fully saturated rings. The molecule has 0 radical (unpaired) electrons. The molecule has 0 saturated carbocycles. The molecule has 32 heavy (non-hydrogen) atoms. The molecule has 1 aromatic heterocycles. The monoisotopic (exact) mass is 512 g/mol. The molecule has 0 aliphatic heterocycles. The number of hydrogen-bond acceptors (Lipinski definition) is 4. The van der Waals surface area contributed by atoms with Crippen LogP contribution < -0.4 is 15.7 Å². The molecule has 1 aromatic carbocycles. The third-order valence-electron chi connectivity index (χ3n) is 4.07. The van der Waals surface area contributed by atoms with Gasteiger partial charge in [-0.1, -0.05) is 20.4 Å². The molecule has 1 N–H and O–H groups in total. The smallest absolute Gasteiger partial charge is 0.337 e. The first-order valence-corrected chi connectivity index (χ1v) is 10.6. The number of hydrogen-bond donors (Lipinski definition) is 1. The molecular formula is C22H27BrF2N4O3. The summed E-state index contributed by atoms with van der Waals surface area (Å²) < 4.78 is 33.9. The highest BCUT2D eigenvalue weighted by Gasteiger charge is 2.14. The number of nitrogens with one attached hydrogen (secondary N) is 1. The van der Waals surface area contributed by atoms with Crippen molar-refractivity contribution in [2.45, 2.75) is 33.9 Å². The van der Waals surface area contributed by atoms with Crippen molar-refractivity contribution in [3.63, 3.8) is 0 Å². The van der Waals surface area contributed by atoms with Crippen LogP contribution in [-0.4, -0.2) is 35.3 Å². The van der Waals surface area contributed by atoms with Gasteiger partial charge < -0.3 is 14.2 Å². The number of aryl methyl sites for hydroxylation is 1. The van der Waals surface area contributed by atoms with Crippen LogP contribution in [0.15, 0.2) is 51.3 Å². The number of rotatable bonds is 7. The maximum Gasteiger partial charge on any atom is 0.337 e. The average molecular weight is 513 g/mol. The number of ether oxygens (including phenoxy) is 1. The van der Waals surface area contributed by atoms with Crippen molar-refractivity contribution in [1.29, 1.82) is 0 Å². The van der Waals surface area contributed by atoms with Crippen LogP contribution in [0.2, 0.25) is 0 Å². The van der Waals surface area contributed by atoms with Gasteiger partial charge in [-0.15, -0.1) is 0 Å². The molecule has 2 rings (SSSR count). The SMILES string of the molecule is C=C/C(Cn1c(C)cc(OCc2ccc(F)cc2F)c(Br)c1=O)=N\NC(=O)N(C)C.CC. The highest BCUT2D eigenvalue weighted by atomic mass is 79.9. The Kier molecular flexibility index (Phi) is 10.8. The maximum absolute atomic E-state index is 13.8. The Bertz CT molecular complexity index is 1050. The van der Waals surface area contributed by atoms with Crippen molar-refractivity contribution in [1.82, 2.24) is 14.9 Å². The third-order valence-corrected chi connectivity index (χ3v) is 4.80. The highest BCUT2D eigenvalue weighted by molar-refractivity contribution is 9.10. The summed E-state index contributed by atoms with van der Waals surface area (Å²) in [5.41, 5.74) is 3.02. The standard InChI is InChI=1S/C20H21BrF2N4O3.C2H6/c1-5-15(24-25-20(29)26(3)4)10-27-12(2)8-17(18(21)19(27)28)30-11-13-6-7-14(22)9-16(13)23;1-2/h5-9H,1,10-11H2,2-4H3,(H,25,29);1-2H3/b24-15+;. The van der Waals surface area contributed by atoms with Gasteiger partial charge in [0.2, 0.25) is 0 Å². The first-order chi connectivity index (χ1) is 15.1. The van der Waals surface area contributed by atoms with Crippen LogP contribution in [0.5, 0.6) is 5.75 Å². The van der Waals surface area contributed by atoms with Gasteiger partial charge in [-0.25, -0.2) is 19.0 Å². The number of halogens is 3. The zero-order valence-corrected chi connectivity index (χ0v) is 20.3. The quantitative estimate of drug-likeness (QED) is 0.434. The number of carbonyl (C=O) groups is 1. The fourth-order valence-electron chi connectivity index (χ4n) is 2.34. The summed E-state index contributed by atoms with van der Waals surface area (Å²) in [6.07, 6.45) is 1.43. The van der Waals surface area contributed by atoms with Gasteiger partial charge in [0.05, 0.1) is 12.3 Å². The van der Waals surface area contributed by atoms with Gasteiger partial charge in [0.1, 0.15) is 28.5 Å². The lowest BCUT2D eigenvalue weighted by atomic mass is 10.2. The van der Waals surface area contributed by atoms with Crippen LogP contribution in [-0.2, 0) is 13.2 Å². The predicted octanol–water partition coefficient (Wildman–Crippen LogP) is 4.62. The van der Waals surface area contributed by atoms with E-state index in [0.29, 0.717) is 11.4 Å². The molecule has 2 amide bonds. The molecule has 174 valence electrons. The van der Waals surface area contributed by atoms with E-state index in [2.05, 4.69) is 33.0 Å². The largest absolute Gasteiger partial charge is 0.487 e. The van der Waals surface area contributed by atoms with Gasteiger partial charge in [-0.05, 0) is 41.1 Å². The summed E-state index contributed by atoms with van der Waals surface area (Å²) in [5.74, 6) is -1.20. The van der Waals surface area contributed by atoms with Crippen molar-refractivity contribution < 1.29 is 18.3 Å². The summed E-state index contributed by atoms with van der Waals surface area (Å²) in [7, 11) is 3.14. The molecular weight excluding hydrogens is 486 g/mol. The van der Waals surface area contributed by atoms with Crippen molar-refractivity contribution >= 4 is 27.7 Å². The molecule has 0 atom stereocenters. The number of amides is 2. The lowest BCUT2D eigenvalue weighted by Crippen LogP contribution is -2.33. The Morgan fingerprint density at radius 2 is 1.97 bits per heavy atom. The Morgan fingerprint density at radius 1 is 1.31 bits per heavy atom. The van der Waals surface area contributed by atoms with Gasteiger partial charge in [0.15, 0.2) is 0 Å². The minimum atomic E-state index is -0.734. The fraction of sp³-hybridized carbons (Fsp3) is 0.318. The second-order valence-electron chi connectivity index (χ2n) is 6.50. The number of pyridine rings is 1. The van der Waals surface area contributed by atoms with Crippen molar-refractivity contribution in [3.8, 4) is 5.75 Å². The average Bonchev–Trinajstić information content (AvgIpc) is 2.76. The van der Waals surface area contributed by atoms with Crippen LogP contribution in [0.25, 0.3) is 0 Å². The number of hydrazone groups is 1. The van der Waals surface area contributed by atoms with Gasteiger partial charge in [-0.2, -0.15) is 5.10 Å². The van der Waals surface area contributed by atoms with E-state index in [-0.39, 0.29) is 28.9 Å². The second-order valence-corrected chi connectivity index (χ2v) is 7.29. The molecule has 0 aliphatic carbocycles. The van der Waals surface area contributed by atoms with Gasteiger partial charge in [-0.3, -0.25) is 4.79 Å². The minimum Gasteiger partial charge on any atom is -0.487 e. The number of allylic oxidation sites excluding steroid dienone is 1. The first kappa shape index (κ1) is 27.0. The van der Waals surface area contributed by atoms with Crippen molar-refractivity contribution in [2.24, 2.45) is 5.10 Å². The number of benzene rings is 1. The normalized spacial score (nSPS) is 10.7. The molecule has 1 heterocycles.